The van der Waals surface area contributed by atoms with Crippen molar-refractivity contribution in [3.63, 3.8) is 0 Å². The lowest BCUT2D eigenvalue weighted by atomic mass is 10.1. The van der Waals surface area contributed by atoms with Crippen LogP contribution in [0.4, 0.5) is 13.2 Å². The van der Waals surface area contributed by atoms with E-state index in [-0.39, 0.29) is 35.5 Å². The summed E-state index contributed by atoms with van der Waals surface area (Å²) in [5.74, 6) is -0.633. The zero-order valence-electron chi connectivity index (χ0n) is 14.5. The van der Waals surface area contributed by atoms with Gasteiger partial charge in [-0.2, -0.15) is 18.4 Å². The average Bonchev–Trinajstić information content (AvgIpc) is 2.66. The molecule has 2 aromatic carbocycles. The van der Waals surface area contributed by atoms with E-state index in [1.807, 2.05) is 0 Å². The predicted octanol–water partition coefficient (Wildman–Crippen LogP) is 2.83. The first-order valence-corrected chi connectivity index (χ1v) is 9.53. The monoisotopic (exact) mass is 411 g/mol. The maximum Gasteiger partial charge on any atom is 0.416 e. The molecular weight excluding hydrogens is 395 g/mol. The maximum atomic E-state index is 12.7. The topological polar surface area (TPSA) is 99.1 Å². The summed E-state index contributed by atoms with van der Waals surface area (Å²) in [5, 5.41) is 10.9. The SMILES string of the molecule is N#CCCNS(=O)(=O)c1cccc(C(=O)NCc2cccc(C(F)(F)F)c2)c1. The van der Waals surface area contributed by atoms with Gasteiger partial charge in [0.25, 0.3) is 5.91 Å². The minimum absolute atomic E-state index is 0.00358. The Morgan fingerprint density at radius 3 is 2.50 bits per heavy atom. The van der Waals surface area contributed by atoms with Gasteiger partial charge in [-0.05, 0) is 35.9 Å². The van der Waals surface area contributed by atoms with Crippen molar-refractivity contribution in [3.8, 4) is 6.07 Å². The van der Waals surface area contributed by atoms with Gasteiger partial charge in [0, 0.05) is 25.1 Å². The number of nitrogens with one attached hydrogen (secondary N) is 2. The summed E-state index contributed by atoms with van der Waals surface area (Å²) in [6.45, 7) is -0.217. The zero-order valence-corrected chi connectivity index (χ0v) is 15.3. The highest BCUT2D eigenvalue weighted by molar-refractivity contribution is 7.89. The molecule has 0 spiro atoms. The summed E-state index contributed by atoms with van der Waals surface area (Å²) in [4.78, 5) is 12.1. The van der Waals surface area contributed by atoms with Gasteiger partial charge in [-0.1, -0.05) is 18.2 Å². The fourth-order valence-corrected chi connectivity index (χ4v) is 3.35. The van der Waals surface area contributed by atoms with E-state index in [4.69, 9.17) is 5.26 Å². The van der Waals surface area contributed by atoms with Crippen LogP contribution in [0, 0.1) is 11.3 Å². The van der Waals surface area contributed by atoms with E-state index in [1.165, 1.54) is 30.3 Å². The van der Waals surface area contributed by atoms with Gasteiger partial charge in [0.1, 0.15) is 0 Å². The molecule has 10 heteroatoms. The minimum Gasteiger partial charge on any atom is -0.348 e. The van der Waals surface area contributed by atoms with Gasteiger partial charge >= 0.3 is 6.18 Å². The van der Waals surface area contributed by atoms with Crippen molar-refractivity contribution in [3.05, 3.63) is 65.2 Å². The van der Waals surface area contributed by atoms with Crippen molar-refractivity contribution in [1.82, 2.24) is 10.0 Å². The van der Waals surface area contributed by atoms with Crippen LogP contribution < -0.4 is 10.0 Å². The molecule has 0 bridgehead atoms. The first-order valence-electron chi connectivity index (χ1n) is 8.04. The summed E-state index contributed by atoms with van der Waals surface area (Å²) in [5.41, 5.74) is -0.531. The summed E-state index contributed by atoms with van der Waals surface area (Å²) in [6, 6.07) is 11.5. The third-order valence-corrected chi connectivity index (χ3v) is 5.10. The predicted molar refractivity (Wildman–Crippen MR) is 94.5 cm³/mol. The van der Waals surface area contributed by atoms with E-state index in [0.717, 1.165) is 18.2 Å². The molecule has 0 saturated carbocycles. The molecule has 0 saturated heterocycles. The number of benzene rings is 2. The van der Waals surface area contributed by atoms with Crippen LogP contribution in [0.25, 0.3) is 0 Å². The summed E-state index contributed by atoms with van der Waals surface area (Å²) in [6.07, 6.45) is -4.49. The second-order valence-corrected chi connectivity index (χ2v) is 7.48. The number of halogens is 3. The molecule has 0 unspecified atom stereocenters. The molecule has 1 amide bonds. The number of alkyl halides is 3. The van der Waals surface area contributed by atoms with Crippen molar-refractivity contribution in [2.75, 3.05) is 6.54 Å². The fraction of sp³-hybridized carbons (Fsp3) is 0.222. The van der Waals surface area contributed by atoms with Crippen LogP contribution in [-0.2, 0) is 22.7 Å². The molecule has 0 heterocycles. The van der Waals surface area contributed by atoms with Crippen molar-refractivity contribution >= 4 is 15.9 Å². The van der Waals surface area contributed by atoms with Crippen LogP contribution >= 0.6 is 0 Å². The number of carbonyl (C=O) groups excluding carboxylic acids is 1. The van der Waals surface area contributed by atoms with E-state index in [9.17, 15) is 26.4 Å². The first-order chi connectivity index (χ1) is 13.1. The molecule has 6 nitrogen and oxygen atoms in total. The Bertz CT molecular complexity index is 999. The van der Waals surface area contributed by atoms with Gasteiger partial charge in [-0.15, -0.1) is 0 Å². The fourth-order valence-electron chi connectivity index (χ4n) is 2.27. The van der Waals surface area contributed by atoms with E-state index in [0.29, 0.717) is 0 Å². The van der Waals surface area contributed by atoms with E-state index < -0.39 is 27.7 Å². The van der Waals surface area contributed by atoms with E-state index in [2.05, 4.69) is 10.0 Å². The Kier molecular flexibility index (Phi) is 6.77. The maximum absolute atomic E-state index is 12.7. The number of hydrogen-bond donors (Lipinski definition) is 2. The lowest BCUT2D eigenvalue weighted by Gasteiger charge is -2.10. The lowest BCUT2D eigenvalue weighted by Crippen LogP contribution is -2.26. The number of nitrogens with zero attached hydrogens (tertiary/aromatic N) is 1. The molecule has 0 aromatic heterocycles. The molecule has 0 aliphatic heterocycles. The number of carbonyl (C=O) groups is 1. The van der Waals surface area contributed by atoms with Crippen LogP contribution in [0.15, 0.2) is 53.4 Å². The van der Waals surface area contributed by atoms with Gasteiger partial charge < -0.3 is 5.32 Å². The van der Waals surface area contributed by atoms with Gasteiger partial charge in [0.15, 0.2) is 0 Å². The summed E-state index contributed by atoms with van der Waals surface area (Å²) in [7, 11) is -3.88. The number of nitriles is 1. The number of hydrogen-bond acceptors (Lipinski definition) is 4. The van der Waals surface area contributed by atoms with Crippen LogP contribution in [0.2, 0.25) is 0 Å². The molecule has 0 fully saturated rings. The molecule has 0 aliphatic carbocycles. The molecule has 148 valence electrons. The quantitative estimate of drug-likeness (QED) is 0.685. The molecule has 2 N–H and O–H groups in total. The minimum atomic E-state index is -4.48. The van der Waals surface area contributed by atoms with Crippen LogP contribution in [0.3, 0.4) is 0 Å². The zero-order chi connectivity index (χ0) is 20.8. The van der Waals surface area contributed by atoms with E-state index >= 15 is 0 Å². The van der Waals surface area contributed by atoms with Gasteiger partial charge in [-0.25, -0.2) is 13.1 Å². The Morgan fingerprint density at radius 1 is 1.11 bits per heavy atom. The number of sulfonamides is 1. The molecule has 2 aromatic rings. The Balaban J connectivity index is 2.09. The molecule has 28 heavy (non-hydrogen) atoms. The highest BCUT2D eigenvalue weighted by atomic mass is 32.2. The van der Waals surface area contributed by atoms with Gasteiger partial charge in [0.05, 0.1) is 16.5 Å². The Hall–Kier alpha value is -2.90. The van der Waals surface area contributed by atoms with Gasteiger partial charge in [-0.3, -0.25) is 4.79 Å². The van der Waals surface area contributed by atoms with Crippen molar-refractivity contribution in [2.24, 2.45) is 0 Å². The smallest absolute Gasteiger partial charge is 0.348 e. The molecule has 0 aliphatic rings. The van der Waals surface area contributed by atoms with Crippen LogP contribution in [0.1, 0.15) is 27.9 Å². The molecular formula is C18H16F3N3O3S. The third kappa shape index (κ3) is 5.80. The second kappa shape index (κ2) is 8.86. The van der Waals surface area contributed by atoms with Crippen molar-refractivity contribution in [2.45, 2.75) is 24.0 Å². The van der Waals surface area contributed by atoms with Gasteiger partial charge in [0.2, 0.25) is 10.0 Å². The average molecular weight is 411 g/mol. The second-order valence-electron chi connectivity index (χ2n) is 5.71. The third-order valence-electron chi connectivity index (χ3n) is 3.64. The molecule has 2 rings (SSSR count). The molecule has 0 radical (unpaired) electrons. The van der Waals surface area contributed by atoms with E-state index in [1.54, 1.807) is 6.07 Å². The van der Waals surface area contributed by atoms with Crippen molar-refractivity contribution in [1.29, 1.82) is 5.26 Å². The molecule has 0 atom stereocenters. The largest absolute Gasteiger partial charge is 0.416 e. The lowest BCUT2D eigenvalue weighted by molar-refractivity contribution is -0.137. The van der Waals surface area contributed by atoms with Crippen LogP contribution in [-0.4, -0.2) is 20.9 Å². The van der Waals surface area contributed by atoms with Crippen molar-refractivity contribution < 1.29 is 26.4 Å². The Labute approximate surface area is 160 Å². The number of amides is 1. The van der Waals surface area contributed by atoms with Crippen LogP contribution in [0.5, 0.6) is 0 Å². The Morgan fingerprint density at radius 2 is 1.82 bits per heavy atom. The summed E-state index contributed by atoms with van der Waals surface area (Å²) < 4.78 is 64.7. The summed E-state index contributed by atoms with van der Waals surface area (Å²) >= 11 is 0. The first kappa shape index (κ1) is 21.4. The highest BCUT2D eigenvalue weighted by Gasteiger charge is 2.30. The number of rotatable bonds is 7. The standard InChI is InChI=1S/C18H16F3N3O3S/c19-18(20,21)15-6-1-4-13(10-15)12-23-17(25)14-5-2-7-16(11-14)28(26,27)24-9-3-8-22/h1-2,4-7,10-11,24H,3,9,12H2,(H,23,25). The normalized spacial score (nSPS) is 11.6. The highest BCUT2D eigenvalue weighted by Crippen LogP contribution is 2.29.